The molecule has 0 radical (unpaired) electrons. The molecule has 1 atom stereocenters. The zero-order valence-electron chi connectivity index (χ0n) is 7.83. The van der Waals surface area contributed by atoms with Crippen LogP contribution in [0.25, 0.3) is 0 Å². The lowest BCUT2D eigenvalue weighted by molar-refractivity contribution is -0.138. The summed E-state index contributed by atoms with van der Waals surface area (Å²) in [5.41, 5.74) is 5.29. The van der Waals surface area contributed by atoms with E-state index in [1.54, 1.807) is 0 Å². The summed E-state index contributed by atoms with van der Waals surface area (Å²) >= 11 is 5.62. The van der Waals surface area contributed by atoms with Crippen LogP contribution in [0, 0.1) is 5.82 Å². The Kier molecular flexibility index (Phi) is 3.49. The molecule has 82 valence electrons. The molecule has 0 heterocycles. The van der Waals surface area contributed by atoms with E-state index in [1.165, 1.54) is 13.2 Å². The van der Waals surface area contributed by atoms with Crippen LogP contribution < -0.4 is 10.5 Å². The van der Waals surface area contributed by atoms with E-state index >= 15 is 0 Å². The van der Waals surface area contributed by atoms with Gasteiger partial charge in [-0.1, -0.05) is 11.6 Å². The van der Waals surface area contributed by atoms with Gasteiger partial charge in [-0.2, -0.15) is 0 Å². The minimum Gasteiger partial charge on any atom is -0.496 e. The van der Waals surface area contributed by atoms with Crippen LogP contribution in [-0.4, -0.2) is 18.2 Å². The number of carboxylic acid groups (broad SMARTS) is 1. The summed E-state index contributed by atoms with van der Waals surface area (Å²) in [5.74, 6) is -1.89. The second-order valence-electron chi connectivity index (χ2n) is 2.79. The highest BCUT2D eigenvalue weighted by atomic mass is 35.5. The fourth-order valence-electron chi connectivity index (χ4n) is 1.14. The molecular formula is C9H9ClFNO3. The number of hydrogen-bond donors (Lipinski definition) is 2. The predicted molar refractivity (Wildman–Crippen MR) is 52.5 cm³/mol. The van der Waals surface area contributed by atoms with E-state index in [9.17, 15) is 9.18 Å². The van der Waals surface area contributed by atoms with Gasteiger partial charge in [0.25, 0.3) is 0 Å². The Hall–Kier alpha value is -1.33. The predicted octanol–water partition coefficient (Wildman–Crippen LogP) is 1.57. The Morgan fingerprint density at radius 2 is 2.27 bits per heavy atom. The number of hydrogen-bond acceptors (Lipinski definition) is 3. The van der Waals surface area contributed by atoms with Gasteiger partial charge in [-0.05, 0) is 12.1 Å². The Bertz CT molecular complexity index is 397. The fraction of sp³-hybridized carbons (Fsp3) is 0.222. The maximum absolute atomic E-state index is 13.1. The molecule has 0 bridgehead atoms. The topological polar surface area (TPSA) is 72.5 Å². The first-order chi connectivity index (χ1) is 6.99. The number of nitrogens with two attached hydrogens (primary N) is 1. The molecule has 1 aromatic rings. The van der Waals surface area contributed by atoms with Crippen LogP contribution in [0.15, 0.2) is 12.1 Å². The minimum atomic E-state index is -1.41. The van der Waals surface area contributed by atoms with Gasteiger partial charge in [0.2, 0.25) is 0 Å². The number of rotatable bonds is 3. The van der Waals surface area contributed by atoms with Crippen LogP contribution in [0.3, 0.4) is 0 Å². The van der Waals surface area contributed by atoms with E-state index in [4.69, 9.17) is 27.2 Å². The van der Waals surface area contributed by atoms with E-state index < -0.39 is 17.8 Å². The normalized spacial score (nSPS) is 12.3. The van der Waals surface area contributed by atoms with Crippen molar-refractivity contribution in [2.45, 2.75) is 6.04 Å². The third kappa shape index (κ3) is 2.19. The van der Waals surface area contributed by atoms with E-state index in [1.807, 2.05) is 0 Å². The van der Waals surface area contributed by atoms with Gasteiger partial charge in [0.15, 0.2) is 0 Å². The molecule has 6 heteroatoms. The second-order valence-corrected chi connectivity index (χ2v) is 3.17. The first kappa shape index (κ1) is 11.7. The smallest absolute Gasteiger partial charge is 0.325 e. The summed E-state index contributed by atoms with van der Waals surface area (Å²) in [6.07, 6.45) is 0. The zero-order chi connectivity index (χ0) is 11.6. The molecule has 1 aromatic carbocycles. The van der Waals surface area contributed by atoms with Gasteiger partial charge in [-0.3, -0.25) is 4.79 Å². The molecule has 0 saturated heterocycles. The van der Waals surface area contributed by atoms with Crippen molar-refractivity contribution < 1.29 is 19.0 Å². The number of aliphatic carboxylic acids is 1. The molecule has 1 unspecified atom stereocenters. The molecule has 1 rings (SSSR count). The van der Waals surface area contributed by atoms with Crippen LogP contribution in [0.5, 0.6) is 5.75 Å². The molecule has 15 heavy (non-hydrogen) atoms. The van der Waals surface area contributed by atoms with Gasteiger partial charge in [0.05, 0.1) is 12.1 Å². The molecule has 0 aliphatic heterocycles. The fourth-order valence-corrected chi connectivity index (χ4v) is 1.41. The van der Waals surface area contributed by atoms with Crippen molar-refractivity contribution in [3.05, 3.63) is 28.5 Å². The lowest BCUT2D eigenvalue weighted by Crippen LogP contribution is -2.22. The van der Waals surface area contributed by atoms with E-state index in [2.05, 4.69) is 0 Å². The maximum Gasteiger partial charge on any atom is 0.325 e. The third-order valence-corrected chi connectivity index (χ3v) is 2.27. The second kappa shape index (κ2) is 4.46. The number of halogens is 2. The van der Waals surface area contributed by atoms with Crippen molar-refractivity contribution >= 4 is 17.6 Å². The Morgan fingerprint density at radius 3 is 2.73 bits per heavy atom. The van der Waals surface area contributed by atoms with Crippen molar-refractivity contribution in [2.24, 2.45) is 5.73 Å². The van der Waals surface area contributed by atoms with Crippen LogP contribution in [0.2, 0.25) is 5.02 Å². The molecule has 3 N–H and O–H groups in total. The maximum atomic E-state index is 13.1. The van der Waals surface area contributed by atoms with Crippen LogP contribution in [-0.2, 0) is 4.79 Å². The van der Waals surface area contributed by atoms with Gasteiger partial charge in [-0.25, -0.2) is 4.39 Å². The van der Waals surface area contributed by atoms with Crippen molar-refractivity contribution in [1.82, 2.24) is 0 Å². The largest absolute Gasteiger partial charge is 0.496 e. The number of carbonyl (C=O) groups is 1. The molecule has 0 spiro atoms. The summed E-state index contributed by atoms with van der Waals surface area (Å²) < 4.78 is 17.9. The molecular weight excluding hydrogens is 225 g/mol. The molecule has 0 fully saturated rings. The lowest BCUT2D eigenvalue weighted by Gasteiger charge is -2.14. The number of carboxylic acids is 1. The van der Waals surface area contributed by atoms with Crippen LogP contribution >= 0.6 is 11.6 Å². The third-order valence-electron chi connectivity index (χ3n) is 1.89. The molecule has 0 saturated carbocycles. The monoisotopic (exact) mass is 233 g/mol. The lowest BCUT2D eigenvalue weighted by atomic mass is 10.1. The summed E-state index contributed by atoms with van der Waals surface area (Å²) in [5, 5.41) is 8.38. The first-order valence-corrected chi connectivity index (χ1v) is 4.37. The quantitative estimate of drug-likeness (QED) is 0.831. The van der Waals surface area contributed by atoms with Gasteiger partial charge in [-0.15, -0.1) is 0 Å². The number of methoxy groups -OCH3 is 1. The van der Waals surface area contributed by atoms with E-state index in [0.29, 0.717) is 0 Å². The van der Waals surface area contributed by atoms with Crippen molar-refractivity contribution in [3.63, 3.8) is 0 Å². The zero-order valence-corrected chi connectivity index (χ0v) is 8.58. The van der Waals surface area contributed by atoms with Crippen molar-refractivity contribution in [2.75, 3.05) is 7.11 Å². The van der Waals surface area contributed by atoms with Gasteiger partial charge in [0, 0.05) is 5.56 Å². The van der Waals surface area contributed by atoms with Crippen molar-refractivity contribution in [3.8, 4) is 5.75 Å². The highest BCUT2D eigenvalue weighted by molar-refractivity contribution is 6.32. The highest BCUT2D eigenvalue weighted by Gasteiger charge is 2.24. The number of ether oxygens (including phenoxy) is 1. The van der Waals surface area contributed by atoms with E-state index in [0.717, 1.165) is 6.07 Å². The molecule has 0 aliphatic rings. The molecule has 0 amide bonds. The summed E-state index contributed by atoms with van der Waals surface area (Å²) in [6, 6.07) is 0.946. The molecule has 0 aromatic heterocycles. The summed E-state index contributed by atoms with van der Waals surface area (Å²) in [7, 11) is 1.32. The molecule has 4 nitrogen and oxygen atoms in total. The number of benzene rings is 1. The van der Waals surface area contributed by atoms with Gasteiger partial charge < -0.3 is 15.6 Å². The first-order valence-electron chi connectivity index (χ1n) is 3.99. The average Bonchev–Trinajstić information content (AvgIpc) is 2.20. The molecule has 0 aliphatic carbocycles. The van der Waals surface area contributed by atoms with Gasteiger partial charge >= 0.3 is 5.97 Å². The van der Waals surface area contributed by atoms with Crippen LogP contribution in [0.4, 0.5) is 4.39 Å². The average molecular weight is 234 g/mol. The Balaban J connectivity index is 3.35. The van der Waals surface area contributed by atoms with Crippen LogP contribution in [0.1, 0.15) is 11.6 Å². The van der Waals surface area contributed by atoms with E-state index in [-0.39, 0.29) is 16.3 Å². The minimum absolute atomic E-state index is 0.0633. The summed E-state index contributed by atoms with van der Waals surface area (Å²) in [4.78, 5) is 10.7. The van der Waals surface area contributed by atoms with Gasteiger partial charge in [0.1, 0.15) is 17.6 Å². The SMILES string of the molecule is COc1ccc(F)c(Cl)c1C(N)C(=O)O. The standard InChI is InChI=1S/C9H9ClFNO3/c1-15-5-3-2-4(11)7(10)6(5)8(12)9(13)14/h2-3,8H,12H2,1H3,(H,13,14). The Morgan fingerprint density at radius 1 is 1.67 bits per heavy atom. The highest BCUT2D eigenvalue weighted by Crippen LogP contribution is 2.33. The summed E-state index contributed by atoms with van der Waals surface area (Å²) in [6.45, 7) is 0. The Labute approximate surface area is 90.4 Å². The van der Waals surface area contributed by atoms with Crippen molar-refractivity contribution in [1.29, 1.82) is 0 Å².